The Bertz CT molecular complexity index is 663. The Hall–Kier alpha value is -1.09. The van der Waals surface area contributed by atoms with Crippen LogP contribution in [0.15, 0.2) is 0 Å². The molecule has 0 radical (unpaired) electrons. The lowest BCUT2D eigenvalue weighted by Crippen LogP contribution is -2.65. The van der Waals surface area contributed by atoms with E-state index in [-0.39, 0.29) is 0 Å². The quantitative estimate of drug-likeness (QED) is 0.166. The van der Waals surface area contributed by atoms with Gasteiger partial charge in [0.1, 0.15) is 61.0 Å². The molecule has 14 atom stereocenters. The fourth-order valence-corrected chi connectivity index (χ4v) is 3.73. The molecule has 10 N–H and O–H groups in total. The highest BCUT2D eigenvalue weighted by Crippen LogP contribution is 2.30. The number of carboxylic acid groups (broad SMARTS) is 1. The summed E-state index contributed by atoms with van der Waals surface area (Å²) in [5, 5.41) is 98.8. The van der Waals surface area contributed by atoms with Crippen LogP contribution in [0, 0.1) is 0 Å². The van der Waals surface area contributed by atoms with Crippen LogP contribution in [0.2, 0.25) is 0 Å². The van der Waals surface area contributed by atoms with E-state index in [0.29, 0.717) is 0 Å². The molecule has 16 nitrogen and oxygen atoms in total. The molecule has 3 aliphatic rings. The first-order valence-electron chi connectivity index (χ1n) is 9.99. The zero-order chi connectivity index (χ0) is 24.6. The Morgan fingerprint density at radius 1 is 0.758 bits per heavy atom. The monoisotopic (exact) mass is 488 g/mol. The number of hydrogen-bond donors (Lipinski definition) is 10. The fraction of sp³-hybridized carbons (Fsp3) is 0.941. The summed E-state index contributed by atoms with van der Waals surface area (Å²) in [6.45, 7) is -1.29. The number of rotatable bonds is 6. The highest BCUT2D eigenvalue weighted by molar-refractivity contribution is 5.73. The molecule has 3 saturated heterocycles. The minimum Gasteiger partial charge on any atom is -0.479 e. The molecule has 0 aromatic rings. The van der Waals surface area contributed by atoms with E-state index in [4.69, 9.17) is 28.8 Å². The molecule has 33 heavy (non-hydrogen) atoms. The SMILES string of the molecule is O=C(O)[C@H]1O[C@@H](O[C@@H]2[C@@H](O[C@@H]3O[C@H](CO)[C@H](O)[C@H](O)[C@H]3O)[C@H](O)OC[C@@H]2O)[C@H](O)[C@@H](O)[C@H]1O. The second kappa shape index (κ2) is 10.7. The van der Waals surface area contributed by atoms with Crippen LogP contribution >= 0.6 is 0 Å². The van der Waals surface area contributed by atoms with Gasteiger partial charge in [0.25, 0.3) is 0 Å². The van der Waals surface area contributed by atoms with Crippen LogP contribution in [0.1, 0.15) is 0 Å². The van der Waals surface area contributed by atoms with Crippen LogP contribution in [0.4, 0.5) is 0 Å². The molecule has 3 aliphatic heterocycles. The lowest BCUT2D eigenvalue weighted by Gasteiger charge is -2.46. The van der Waals surface area contributed by atoms with Crippen molar-refractivity contribution in [3.8, 4) is 0 Å². The fourth-order valence-electron chi connectivity index (χ4n) is 3.73. The molecule has 0 aliphatic carbocycles. The third-order valence-electron chi connectivity index (χ3n) is 5.67. The molecule has 192 valence electrons. The Labute approximate surface area is 185 Å². The number of aliphatic hydroxyl groups is 9. The third kappa shape index (κ3) is 5.29. The Morgan fingerprint density at radius 3 is 1.88 bits per heavy atom. The second-order valence-electron chi connectivity index (χ2n) is 7.93. The highest BCUT2D eigenvalue weighted by Gasteiger charge is 2.52. The van der Waals surface area contributed by atoms with E-state index in [1.807, 2.05) is 0 Å². The maximum absolute atomic E-state index is 11.3. The van der Waals surface area contributed by atoms with E-state index in [2.05, 4.69) is 0 Å². The van der Waals surface area contributed by atoms with E-state index in [1.54, 1.807) is 0 Å². The summed E-state index contributed by atoms with van der Waals surface area (Å²) in [6.07, 6.45) is -25.2. The molecule has 0 unspecified atom stereocenters. The zero-order valence-electron chi connectivity index (χ0n) is 16.9. The van der Waals surface area contributed by atoms with Crippen molar-refractivity contribution >= 4 is 5.97 Å². The van der Waals surface area contributed by atoms with Gasteiger partial charge in [0.05, 0.1) is 13.2 Å². The number of ether oxygens (including phenoxy) is 5. The van der Waals surface area contributed by atoms with Crippen LogP contribution in [0.3, 0.4) is 0 Å². The molecule has 16 heteroatoms. The summed E-state index contributed by atoms with van der Waals surface area (Å²) in [7, 11) is 0. The van der Waals surface area contributed by atoms with Gasteiger partial charge in [-0.05, 0) is 0 Å². The number of aliphatic hydroxyl groups excluding tert-OH is 9. The first kappa shape index (κ1) is 26.5. The Balaban J connectivity index is 1.78. The Kier molecular flexibility index (Phi) is 8.57. The van der Waals surface area contributed by atoms with Crippen LogP contribution < -0.4 is 0 Å². The summed E-state index contributed by atoms with van der Waals surface area (Å²) in [5.74, 6) is -1.68. The van der Waals surface area contributed by atoms with E-state index in [9.17, 15) is 50.8 Å². The van der Waals surface area contributed by atoms with Gasteiger partial charge < -0.3 is 74.7 Å². The van der Waals surface area contributed by atoms with Crippen molar-refractivity contribution in [3.05, 3.63) is 0 Å². The number of aliphatic carboxylic acids is 1. The predicted octanol–water partition coefficient (Wildman–Crippen LogP) is -6.84. The van der Waals surface area contributed by atoms with Gasteiger partial charge in [0.15, 0.2) is 25.0 Å². The standard InChI is InChI=1S/C17H28O16/c18-1-4-5(20)6(21)9(24)16(30-4)33-13-11(3(19)2-29-15(13)28)31-17-10(25)7(22)8(23)12(32-17)14(26)27/h3-13,15-25,28H,1-2H2,(H,26,27)/t3-,4+,5-,6-,7-,8+,9+,10+,11-,12-,13+,15+,16-,17+/m0/s1. The summed E-state index contributed by atoms with van der Waals surface area (Å²) in [5.41, 5.74) is 0. The second-order valence-corrected chi connectivity index (χ2v) is 7.93. The van der Waals surface area contributed by atoms with Gasteiger partial charge in [-0.15, -0.1) is 0 Å². The van der Waals surface area contributed by atoms with Crippen molar-refractivity contribution in [1.29, 1.82) is 0 Å². The van der Waals surface area contributed by atoms with Crippen LogP contribution in [0.5, 0.6) is 0 Å². The average Bonchev–Trinajstić information content (AvgIpc) is 2.78. The van der Waals surface area contributed by atoms with Crippen LogP contribution in [-0.2, 0) is 28.5 Å². The lowest BCUT2D eigenvalue weighted by molar-refractivity contribution is -0.376. The molecule has 0 amide bonds. The van der Waals surface area contributed by atoms with Gasteiger partial charge in [-0.1, -0.05) is 0 Å². The largest absolute Gasteiger partial charge is 0.479 e. The normalized spacial score (nSPS) is 51.3. The number of hydrogen-bond acceptors (Lipinski definition) is 15. The lowest BCUT2D eigenvalue weighted by atomic mass is 9.98. The highest BCUT2D eigenvalue weighted by atomic mass is 16.8. The first-order valence-corrected chi connectivity index (χ1v) is 9.99. The molecule has 0 aromatic carbocycles. The van der Waals surface area contributed by atoms with Crippen molar-refractivity contribution in [2.24, 2.45) is 0 Å². The number of carboxylic acids is 1. The van der Waals surface area contributed by atoms with E-state index in [1.165, 1.54) is 0 Å². The van der Waals surface area contributed by atoms with E-state index >= 15 is 0 Å². The van der Waals surface area contributed by atoms with Gasteiger partial charge >= 0.3 is 5.97 Å². The van der Waals surface area contributed by atoms with Gasteiger partial charge in [-0.3, -0.25) is 0 Å². The summed E-state index contributed by atoms with van der Waals surface area (Å²) in [4.78, 5) is 11.3. The van der Waals surface area contributed by atoms with Crippen molar-refractivity contribution in [2.45, 2.75) is 86.0 Å². The minimum absolute atomic E-state index is 0.517. The van der Waals surface area contributed by atoms with Gasteiger partial charge in [0, 0.05) is 0 Å². The molecule has 3 heterocycles. The van der Waals surface area contributed by atoms with Gasteiger partial charge in [0.2, 0.25) is 0 Å². The maximum atomic E-state index is 11.3. The smallest absolute Gasteiger partial charge is 0.335 e. The Morgan fingerprint density at radius 2 is 1.30 bits per heavy atom. The molecule has 3 fully saturated rings. The van der Waals surface area contributed by atoms with Crippen molar-refractivity contribution < 1.29 is 79.5 Å². The van der Waals surface area contributed by atoms with Crippen molar-refractivity contribution in [2.75, 3.05) is 13.2 Å². The minimum atomic E-state index is -2.00. The molecule has 0 aromatic heterocycles. The summed E-state index contributed by atoms with van der Waals surface area (Å²) < 4.78 is 25.9. The molecular weight excluding hydrogens is 460 g/mol. The molecule has 0 bridgehead atoms. The van der Waals surface area contributed by atoms with Crippen LogP contribution in [-0.4, -0.2) is 156 Å². The third-order valence-corrected chi connectivity index (χ3v) is 5.67. The maximum Gasteiger partial charge on any atom is 0.335 e. The topological polar surface area (TPSA) is 266 Å². The molecular formula is C17H28O16. The predicted molar refractivity (Wildman–Crippen MR) is 95.8 cm³/mol. The van der Waals surface area contributed by atoms with Gasteiger partial charge in [-0.2, -0.15) is 0 Å². The zero-order valence-corrected chi connectivity index (χ0v) is 16.9. The van der Waals surface area contributed by atoms with Gasteiger partial charge in [-0.25, -0.2) is 4.79 Å². The van der Waals surface area contributed by atoms with E-state index in [0.717, 1.165) is 0 Å². The summed E-state index contributed by atoms with van der Waals surface area (Å²) >= 11 is 0. The molecule has 3 rings (SSSR count). The average molecular weight is 488 g/mol. The summed E-state index contributed by atoms with van der Waals surface area (Å²) in [6, 6.07) is 0. The molecule has 0 spiro atoms. The van der Waals surface area contributed by atoms with Crippen LogP contribution in [0.25, 0.3) is 0 Å². The van der Waals surface area contributed by atoms with Crippen molar-refractivity contribution in [3.63, 3.8) is 0 Å². The molecule has 0 saturated carbocycles. The number of carbonyl (C=O) groups is 1. The van der Waals surface area contributed by atoms with E-state index < -0.39 is 105 Å². The van der Waals surface area contributed by atoms with Crippen molar-refractivity contribution in [1.82, 2.24) is 0 Å². The first-order chi connectivity index (χ1) is 15.5.